The minimum Gasteiger partial charge on any atom is -0.373 e. The Morgan fingerprint density at radius 2 is 2.29 bits per heavy atom. The molecule has 0 aromatic carbocycles. The van der Waals surface area contributed by atoms with Gasteiger partial charge in [0.25, 0.3) is 0 Å². The Kier molecular flexibility index (Phi) is 7.84. The molecule has 0 saturated carbocycles. The summed E-state index contributed by atoms with van der Waals surface area (Å²) in [6, 6.07) is 0.0914. The van der Waals surface area contributed by atoms with Crippen LogP contribution in [0.5, 0.6) is 0 Å². The summed E-state index contributed by atoms with van der Waals surface area (Å²) in [5.41, 5.74) is 5.16. The van der Waals surface area contributed by atoms with Crippen molar-refractivity contribution in [3.63, 3.8) is 0 Å². The zero-order valence-electron chi connectivity index (χ0n) is 13.0. The lowest BCUT2D eigenvalue weighted by molar-refractivity contribution is -0.119. The van der Waals surface area contributed by atoms with Gasteiger partial charge < -0.3 is 20.7 Å². The molecule has 0 aromatic rings. The van der Waals surface area contributed by atoms with Crippen LogP contribution in [0.25, 0.3) is 0 Å². The van der Waals surface area contributed by atoms with E-state index in [-0.39, 0.29) is 30.6 Å². The molecule has 122 valence electrons. The van der Waals surface area contributed by atoms with Gasteiger partial charge >= 0.3 is 6.03 Å². The van der Waals surface area contributed by atoms with E-state index in [1.807, 2.05) is 25.1 Å². The van der Waals surface area contributed by atoms with Crippen molar-refractivity contribution in [1.82, 2.24) is 15.1 Å². The Balaban J connectivity index is 2.40. The predicted octanol–water partition coefficient (Wildman–Crippen LogP) is -0.435. The summed E-state index contributed by atoms with van der Waals surface area (Å²) in [4.78, 5) is 26.6. The zero-order chi connectivity index (χ0) is 15.8. The fourth-order valence-corrected chi connectivity index (χ4v) is 2.87. The second-order valence-corrected chi connectivity index (χ2v) is 6.32. The van der Waals surface area contributed by atoms with Gasteiger partial charge in [0.1, 0.15) is 0 Å². The number of hydrogen-bond acceptors (Lipinski definition) is 5. The maximum Gasteiger partial charge on any atom is 0.317 e. The zero-order valence-corrected chi connectivity index (χ0v) is 13.8. The molecular weight excluding hydrogens is 292 g/mol. The van der Waals surface area contributed by atoms with E-state index >= 15 is 0 Å². The normalized spacial score (nSPS) is 20.4. The van der Waals surface area contributed by atoms with Crippen LogP contribution < -0.4 is 11.1 Å². The highest BCUT2D eigenvalue weighted by molar-refractivity contribution is 7.98. The Morgan fingerprint density at radius 1 is 1.57 bits per heavy atom. The number of carbonyl (C=O) groups is 2. The first kappa shape index (κ1) is 18.1. The molecule has 1 aliphatic heterocycles. The Labute approximate surface area is 130 Å². The molecule has 0 bridgehead atoms. The lowest BCUT2D eigenvalue weighted by Gasteiger charge is -2.35. The van der Waals surface area contributed by atoms with E-state index in [0.717, 1.165) is 5.75 Å². The minimum atomic E-state index is -0.367. The van der Waals surface area contributed by atoms with Crippen molar-refractivity contribution in [3.05, 3.63) is 0 Å². The fourth-order valence-electron chi connectivity index (χ4n) is 2.29. The van der Waals surface area contributed by atoms with Gasteiger partial charge in [0, 0.05) is 31.4 Å². The molecule has 1 fully saturated rings. The van der Waals surface area contributed by atoms with E-state index in [2.05, 4.69) is 5.32 Å². The second-order valence-electron chi connectivity index (χ2n) is 5.41. The third kappa shape index (κ3) is 7.01. The number of amides is 3. The summed E-state index contributed by atoms with van der Waals surface area (Å²) >= 11 is 1.70. The number of nitrogens with one attached hydrogen (secondary N) is 1. The average Bonchev–Trinajstić information content (AvgIpc) is 2.38. The summed E-state index contributed by atoms with van der Waals surface area (Å²) in [7, 11) is 1.81. The molecule has 0 aliphatic carbocycles. The molecular formula is C13H26N4O3S. The Morgan fingerprint density at radius 3 is 2.90 bits per heavy atom. The highest BCUT2D eigenvalue weighted by atomic mass is 32.2. The third-order valence-electron chi connectivity index (χ3n) is 3.15. The molecule has 2 atom stereocenters. The third-order valence-corrected chi connectivity index (χ3v) is 3.99. The number of carbonyl (C=O) groups excluding carboxylic acids is 2. The lowest BCUT2D eigenvalue weighted by Crippen LogP contribution is -2.54. The van der Waals surface area contributed by atoms with Crippen LogP contribution in [0.15, 0.2) is 0 Å². The average molecular weight is 318 g/mol. The van der Waals surface area contributed by atoms with Crippen LogP contribution in [0, 0.1) is 0 Å². The molecule has 0 aromatic heterocycles. The molecule has 7 nitrogen and oxygen atoms in total. The van der Waals surface area contributed by atoms with Gasteiger partial charge in [-0.3, -0.25) is 9.69 Å². The SMILES string of the molecule is CSC[C@@H](C)NC(=O)N1CCO[C@H](CN(C)CC(N)=O)C1. The monoisotopic (exact) mass is 318 g/mol. The molecule has 8 heteroatoms. The van der Waals surface area contributed by atoms with Crippen molar-refractivity contribution < 1.29 is 14.3 Å². The number of ether oxygens (including phenoxy) is 1. The summed E-state index contributed by atoms with van der Waals surface area (Å²) in [5, 5.41) is 2.98. The van der Waals surface area contributed by atoms with Crippen LogP contribution in [0.2, 0.25) is 0 Å². The van der Waals surface area contributed by atoms with Crippen molar-refractivity contribution in [2.75, 3.05) is 51.8 Å². The Bertz CT molecular complexity index is 356. The highest BCUT2D eigenvalue weighted by Gasteiger charge is 2.25. The molecule has 3 N–H and O–H groups in total. The van der Waals surface area contributed by atoms with Crippen LogP contribution >= 0.6 is 11.8 Å². The van der Waals surface area contributed by atoms with Gasteiger partial charge in [-0.05, 0) is 20.2 Å². The van der Waals surface area contributed by atoms with Crippen molar-refractivity contribution in [3.8, 4) is 0 Å². The van der Waals surface area contributed by atoms with Crippen LogP contribution in [-0.4, -0.2) is 85.7 Å². The molecule has 1 rings (SSSR count). The topological polar surface area (TPSA) is 87.9 Å². The lowest BCUT2D eigenvalue weighted by atomic mass is 10.2. The van der Waals surface area contributed by atoms with Gasteiger partial charge in [0.05, 0.1) is 19.3 Å². The first-order valence-corrected chi connectivity index (χ1v) is 8.44. The van der Waals surface area contributed by atoms with Gasteiger partial charge in [-0.1, -0.05) is 0 Å². The largest absolute Gasteiger partial charge is 0.373 e. The first-order chi connectivity index (χ1) is 9.92. The number of nitrogens with two attached hydrogens (primary N) is 1. The van der Waals surface area contributed by atoms with Gasteiger partial charge in [0.15, 0.2) is 0 Å². The summed E-state index contributed by atoms with van der Waals surface area (Å²) < 4.78 is 5.64. The summed E-state index contributed by atoms with van der Waals surface area (Å²) in [6.07, 6.45) is 1.92. The van der Waals surface area contributed by atoms with Crippen LogP contribution in [0.3, 0.4) is 0 Å². The van der Waals surface area contributed by atoms with Crippen LogP contribution in [0.1, 0.15) is 6.92 Å². The van der Waals surface area contributed by atoms with Gasteiger partial charge in [0.2, 0.25) is 5.91 Å². The van der Waals surface area contributed by atoms with Crippen molar-refractivity contribution in [1.29, 1.82) is 0 Å². The highest BCUT2D eigenvalue weighted by Crippen LogP contribution is 2.07. The number of morpholine rings is 1. The van der Waals surface area contributed by atoms with Gasteiger partial charge in [-0.15, -0.1) is 0 Å². The predicted molar refractivity (Wildman–Crippen MR) is 84.4 cm³/mol. The maximum atomic E-state index is 12.2. The number of primary amides is 1. The quantitative estimate of drug-likeness (QED) is 0.665. The molecule has 1 aliphatic rings. The fraction of sp³-hybridized carbons (Fsp3) is 0.846. The summed E-state index contributed by atoms with van der Waals surface area (Å²) in [5.74, 6) is 0.523. The first-order valence-electron chi connectivity index (χ1n) is 7.05. The number of likely N-dealkylation sites (N-methyl/N-ethyl adjacent to an activating group) is 1. The van der Waals surface area contributed by atoms with E-state index in [9.17, 15) is 9.59 Å². The molecule has 1 saturated heterocycles. The molecule has 0 unspecified atom stereocenters. The Hall–Kier alpha value is -0.990. The van der Waals surface area contributed by atoms with E-state index in [1.54, 1.807) is 16.7 Å². The van der Waals surface area contributed by atoms with Gasteiger partial charge in [-0.2, -0.15) is 11.8 Å². The van der Waals surface area contributed by atoms with Gasteiger partial charge in [-0.25, -0.2) is 4.79 Å². The molecule has 3 amide bonds. The van der Waals surface area contributed by atoms with E-state index in [0.29, 0.717) is 26.2 Å². The van der Waals surface area contributed by atoms with E-state index < -0.39 is 0 Å². The molecule has 0 radical (unpaired) electrons. The standard InChI is InChI=1S/C13H26N4O3S/c1-10(9-21-3)15-13(19)17-4-5-20-11(7-17)6-16(2)8-12(14)18/h10-11H,4-9H2,1-3H3,(H2,14,18)(H,15,19)/t10-,11-/m1/s1. The van der Waals surface area contributed by atoms with E-state index in [1.165, 1.54) is 0 Å². The minimum absolute atomic E-state index is 0.0533. The number of hydrogen-bond donors (Lipinski definition) is 2. The number of thioether (sulfide) groups is 1. The van der Waals surface area contributed by atoms with E-state index in [4.69, 9.17) is 10.5 Å². The maximum absolute atomic E-state index is 12.2. The molecule has 1 heterocycles. The number of rotatable bonds is 7. The van der Waals surface area contributed by atoms with Crippen LogP contribution in [-0.2, 0) is 9.53 Å². The van der Waals surface area contributed by atoms with Crippen LogP contribution in [0.4, 0.5) is 4.79 Å². The molecule has 21 heavy (non-hydrogen) atoms. The molecule has 0 spiro atoms. The van der Waals surface area contributed by atoms with Crippen molar-refractivity contribution in [2.24, 2.45) is 5.73 Å². The smallest absolute Gasteiger partial charge is 0.317 e. The number of nitrogens with zero attached hydrogens (tertiary/aromatic N) is 2. The van der Waals surface area contributed by atoms with Crippen molar-refractivity contribution >= 4 is 23.7 Å². The van der Waals surface area contributed by atoms with Crippen molar-refractivity contribution in [2.45, 2.75) is 19.1 Å². The summed E-state index contributed by atoms with van der Waals surface area (Å²) in [6.45, 7) is 4.39. The number of urea groups is 1. The second kappa shape index (κ2) is 9.11.